The molecule has 0 fully saturated rings. The molecule has 0 radical (unpaired) electrons. The van der Waals surface area contributed by atoms with Gasteiger partial charge in [-0.05, 0) is 24.3 Å². The van der Waals surface area contributed by atoms with Crippen molar-refractivity contribution in [1.82, 2.24) is 15.3 Å². The molecule has 2 aromatic heterocycles. The van der Waals surface area contributed by atoms with Crippen molar-refractivity contribution in [1.29, 1.82) is 0 Å². The van der Waals surface area contributed by atoms with Crippen molar-refractivity contribution in [3.8, 4) is 0 Å². The van der Waals surface area contributed by atoms with Crippen molar-refractivity contribution >= 4 is 16.8 Å². The number of rotatable bonds is 3. The number of carbonyl (C=O) groups is 1. The Kier molecular flexibility index (Phi) is 4.45. The van der Waals surface area contributed by atoms with Gasteiger partial charge in [-0.2, -0.15) is 13.2 Å². The van der Waals surface area contributed by atoms with Crippen molar-refractivity contribution in [3.05, 3.63) is 76.1 Å². The first-order valence-corrected chi connectivity index (χ1v) is 7.37. The zero-order valence-electron chi connectivity index (χ0n) is 13.0. The van der Waals surface area contributed by atoms with Gasteiger partial charge in [0.25, 0.3) is 5.91 Å². The molecule has 0 saturated heterocycles. The van der Waals surface area contributed by atoms with E-state index in [0.717, 1.165) is 24.5 Å². The molecule has 134 valence electrons. The number of aromatic amines is 1. The molecular formula is C17H11F4N3O2. The third-order valence-corrected chi connectivity index (χ3v) is 3.69. The number of nitrogens with zero attached hydrogens (tertiary/aromatic N) is 1. The molecule has 0 aliphatic heterocycles. The smallest absolute Gasteiger partial charge is 0.358 e. The number of pyridine rings is 2. The Morgan fingerprint density at radius 3 is 2.58 bits per heavy atom. The van der Waals surface area contributed by atoms with E-state index in [9.17, 15) is 27.2 Å². The predicted octanol–water partition coefficient (Wildman–Crippen LogP) is 3.10. The van der Waals surface area contributed by atoms with Crippen LogP contribution in [0.25, 0.3) is 10.9 Å². The molecule has 1 amide bonds. The van der Waals surface area contributed by atoms with Gasteiger partial charge in [0.1, 0.15) is 11.4 Å². The summed E-state index contributed by atoms with van der Waals surface area (Å²) in [6.07, 6.45) is -2.78. The second-order valence-corrected chi connectivity index (χ2v) is 5.40. The van der Waals surface area contributed by atoms with Gasteiger partial charge in [-0.1, -0.05) is 12.1 Å². The Hall–Kier alpha value is -3.23. The second-order valence-electron chi connectivity index (χ2n) is 5.40. The number of benzene rings is 1. The van der Waals surface area contributed by atoms with Crippen LogP contribution in [0.15, 0.2) is 53.6 Å². The normalized spacial score (nSPS) is 12.8. The maximum absolute atomic E-state index is 13.7. The summed E-state index contributed by atoms with van der Waals surface area (Å²) in [4.78, 5) is 30.7. The number of fused-ring (bicyclic) bond motifs is 1. The van der Waals surface area contributed by atoms with Crippen molar-refractivity contribution in [2.75, 3.05) is 0 Å². The number of amides is 1. The van der Waals surface area contributed by atoms with Crippen molar-refractivity contribution in [2.45, 2.75) is 12.2 Å². The van der Waals surface area contributed by atoms with Crippen LogP contribution >= 0.6 is 0 Å². The first-order valence-electron chi connectivity index (χ1n) is 7.37. The topological polar surface area (TPSA) is 74.8 Å². The lowest BCUT2D eigenvalue weighted by molar-refractivity contribution is -0.156. The summed E-state index contributed by atoms with van der Waals surface area (Å²) >= 11 is 0. The zero-order valence-corrected chi connectivity index (χ0v) is 13.0. The van der Waals surface area contributed by atoms with E-state index in [1.807, 2.05) is 0 Å². The Labute approximate surface area is 143 Å². The van der Waals surface area contributed by atoms with Crippen LogP contribution in [0.2, 0.25) is 0 Å². The number of nitrogens with one attached hydrogen (secondary N) is 2. The Balaban J connectivity index is 2.00. The number of aromatic nitrogens is 2. The highest BCUT2D eigenvalue weighted by molar-refractivity contribution is 5.97. The van der Waals surface area contributed by atoms with Crippen LogP contribution < -0.4 is 10.7 Å². The fraction of sp³-hybridized carbons (Fsp3) is 0.118. The van der Waals surface area contributed by atoms with Crippen molar-refractivity contribution < 1.29 is 22.4 Å². The van der Waals surface area contributed by atoms with Crippen LogP contribution in [0, 0.1) is 5.82 Å². The molecule has 5 nitrogen and oxygen atoms in total. The van der Waals surface area contributed by atoms with E-state index in [1.54, 1.807) is 5.32 Å². The highest BCUT2D eigenvalue weighted by atomic mass is 19.4. The molecule has 1 unspecified atom stereocenters. The van der Waals surface area contributed by atoms with E-state index in [1.165, 1.54) is 24.3 Å². The molecule has 9 heteroatoms. The fourth-order valence-electron chi connectivity index (χ4n) is 2.46. The number of hydrogen-bond donors (Lipinski definition) is 2. The van der Waals surface area contributed by atoms with Crippen molar-refractivity contribution in [3.63, 3.8) is 0 Å². The number of para-hydroxylation sites is 1. The molecule has 26 heavy (non-hydrogen) atoms. The van der Waals surface area contributed by atoms with Gasteiger partial charge in [0, 0.05) is 17.8 Å². The molecule has 0 saturated carbocycles. The monoisotopic (exact) mass is 365 g/mol. The first kappa shape index (κ1) is 17.6. The highest BCUT2D eigenvalue weighted by Gasteiger charge is 2.43. The van der Waals surface area contributed by atoms with Gasteiger partial charge >= 0.3 is 6.18 Å². The molecule has 2 N–H and O–H groups in total. The first-order chi connectivity index (χ1) is 12.3. The average Bonchev–Trinajstić information content (AvgIpc) is 2.60. The summed E-state index contributed by atoms with van der Waals surface area (Å²) in [5, 5.41) is 1.63. The molecule has 0 aliphatic rings. The van der Waals surface area contributed by atoms with Gasteiger partial charge in [0.2, 0.25) is 5.43 Å². The van der Waals surface area contributed by atoms with E-state index in [4.69, 9.17) is 0 Å². The lowest BCUT2D eigenvalue weighted by atomic mass is 10.1. The number of alkyl halides is 3. The summed E-state index contributed by atoms with van der Waals surface area (Å²) in [5.74, 6) is -1.96. The third-order valence-electron chi connectivity index (χ3n) is 3.69. The Bertz CT molecular complexity index is 1020. The summed E-state index contributed by atoms with van der Waals surface area (Å²) in [5.41, 5.74) is -1.99. The van der Waals surface area contributed by atoms with E-state index in [-0.39, 0.29) is 10.9 Å². The summed E-state index contributed by atoms with van der Waals surface area (Å²) < 4.78 is 53.6. The second kappa shape index (κ2) is 6.58. The van der Waals surface area contributed by atoms with Gasteiger partial charge in [-0.3, -0.25) is 14.6 Å². The van der Waals surface area contributed by atoms with Gasteiger partial charge in [0.05, 0.1) is 11.2 Å². The molecule has 0 spiro atoms. The molecule has 2 heterocycles. The maximum atomic E-state index is 13.7. The average molecular weight is 365 g/mol. The number of hydrogen-bond acceptors (Lipinski definition) is 3. The third kappa shape index (κ3) is 3.28. The largest absolute Gasteiger partial charge is 0.414 e. The number of H-pyrrole nitrogens is 1. The molecule has 3 rings (SSSR count). The van der Waals surface area contributed by atoms with Crippen LogP contribution in [-0.2, 0) is 0 Å². The minimum atomic E-state index is -4.82. The van der Waals surface area contributed by atoms with Crippen LogP contribution in [-0.4, -0.2) is 22.1 Å². The molecule has 0 bridgehead atoms. The molecule has 0 aliphatic carbocycles. The minimum absolute atomic E-state index is 0.133. The van der Waals surface area contributed by atoms with Gasteiger partial charge < -0.3 is 10.3 Å². The zero-order chi connectivity index (χ0) is 18.9. The lowest BCUT2D eigenvalue weighted by Crippen LogP contribution is -2.40. The number of halogens is 4. The highest BCUT2D eigenvalue weighted by Crippen LogP contribution is 2.31. The summed E-state index contributed by atoms with van der Waals surface area (Å²) in [6, 6.07) is 5.14. The Morgan fingerprint density at radius 2 is 1.92 bits per heavy atom. The Morgan fingerprint density at radius 1 is 1.15 bits per heavy atom. The van der Waals surface area contributed by atoms with Gasteiger partial charge in [0.15, 0.2) is 6.04 Å². The van der Waals surface area contributed by atoms with Crippen LogP contribution in [0.1, 0.15) is 22.1 Å². The molecule has 1 aromatic carbocycles. The standard InChI is InChI=1S/C17H11F4N3O2/c18-11-5-3-4-9-13(11)23-8-10(14(9)25)16(26)24-15(17(19,20)21)12-6-1-2-7-22-12/h1-8,15H,(H,23,25)(H,24,26). The fourth-order valence-corrected chi connectivity index (χ4v) is 2.46. The van der Waals surface area contributed by atoms with Crippen LogP contribution in [0.4, 0.5) is 17.6 Å². The van der Waals surface area contributed by atoms with Crippen molar-refractivity contribution in [2.24, 2.45) is 0 Å². The summed E-state index contributed by atoms with van der Waals surface area (Å²) in [6.45, 7) is 0. The van der Waals surface area contributed by atoms with Crippen LogP contribution in [0.3, 0.4) is 0 Å². The van der Waals surface area contributed by atoms with E-state index in [2.05, 4.69) is 9.97 Å². The SMILES string of the molecule is O=C(NC(c1ccccn1)C(F)(F)F)c1c[nH]c2c(F)cccc2c1=O. The molecular weight excluding hydrogens is 354 g/mol. The van der Waals surface area contributed by atoms with E-state index < -0.39 is 40.6 Å². The quantitative estimate of drug-likeness (QED) is 0.701. The lowest BCUT2D eigenvalue weighted by Gasteiger charge is -2.21. The van der Waals surface area contributed by atoms with Gasteiger partial charge in [-0.15, -0.1) is 0 Å². The molecule has 3 aromatic rings. The minimum Gasteiger partial charge on any atom is -0.358 e. The van der Waals surface area contributed by atoms with E-state index in [0.29, 0.717) is 0 Å². The summed E-state index contributed by atoms with van der Waals surface area (Å²) in [7, 11) is 0. The predicted molar refractivity (Wildman–Crippen MR) is 85.0 cm³/mol. The van der Waals surface area contributed by atoms with Crippen LogP contribution in [0.5, 0.6) is 0 Å². The molecule has 1 atom stereocenters. The maximum Gasteiger partial charge on any atom is 0.414 e. The van der Waals surface area contributed by atoms with Gasteiger partial charge in [-0.25, -0.2) is 4.39 Å². The number of carbonyl (C=O) groups excluding carboxylic acids is 1. The van der Waals surface area contributed by atoms with E-state index >= 15 is 0 Å².